The summed E-state index contributed by atoms with van der Waals surface area (Å²) in [6.45, 7) is 1.77. The van der Waals surface area contributed by atoms with Gasteiger partial charge in [0.2, 0.25) is 0 Å². The summed E-state index contributed by atoms with van der Waals surface area (Å²) < 4.78 is 0. The Balaban J connectivity index is 0.000000208. The number of aromatic hydroxyl groups is 16. The zero-order chi connectivity index (χ0) is 104. The van der Waals surface area contributed by atoms with Crippen molar-refractivity contribution in [3.05, 3.63) is 425 Å². The Morgan fingerprint density at radius 1 is 0.159 bits per heavy atom. The number of phenols is 16. The van der Waals surface area contributed by atoms with Crippen molar-refractivity contribution in [1.82, 2.24) is 0 Å². The molecule has 4 unspecified atom stereocenters. The number of hydrogen-bond donors (Lipinski definition) is 32. The van der Waals surface area contributed by atoms with Crippen molar-refractivity contribution in [1.29, 1.82) is 0 Å². The Bertz CT molecular complexity index is 6920. The second kappa shape index (κ2) is 42.0. The summed E-state index contributed by atoms with van der Waals surface area (Å²) in [6.07, 6.45) is 0. The second-order valence-electron chi connectivity index (χ2n) is 35.6. The molecule has 0 aromatic heterocycles. The van der Waals surface area contributed by atoms with Gasteiger partial charge in [0.15, 0.2) is 0 Å². The maximum atomic E-state index is 12.0. The molecule has 0 amide bonds. The monoisotopic (exact) mass is 1950 g/mol. The number of phenolic OH excluding ortho intramolecular Hbond substituents is 16. The van der Waals surface area contributed by atoms with E-state index in [4.69, 9.17) is 0 Å². The summed E-state index contributed by atoms with van der Waals surface area (Å²) in [5.74, 6) is -16.6. The first-order chi connectivity index (χ1) is 69.0. The first-order valence-electron chi connectivity index (χ1n) is 45.1. The third-order valence-corrected chi connectivity index (χ3v) is 26.8. The van der Waals surface area contributed by atoms with Gasteiger partial charge >= 0.3 is 56.9 Å². The normalized spacial score (nSPS) is 14.6. The topological polar surface area (TPSA) is 647 Å². The van der Waals surface area contributed by atoms with E-state index in [0.717, 1.165) is 48.5 Å². The maximum absolute atomic E-state index is 12.0. The van der Waals surface area contributed by atoms with Crippen molar-refractivity contribution in [2.24, 2.45) is 0 Å². The van der Waals surface area contributed by atoms with E-state index in [0.29, 0.717) is 50.1 Å². The average Bonchev–Trinajstić information content (AvgIpc) is 0.740. The first kappa shape index (κ1) is 102. The van der Waals surface area contributed by atoms with E-state index >= 15 is 0 Å². The van der Waals surface area contributed by atoms with Crippen LogP contribution in [0.2, 0.25) is 0 Å². The molecule has 40 heteroatoms. The van der Waals surface area contributed by atoms with Gasteiger partial charge in [-0.15, -0.1) is 0 Å². The third kappa shape index (κ3) is 20.8. The molecule has 4 atom stereocenters. The predicted molar refractivity (Wildman–Crippen MR) is 542 cm³/mol. The van der Waals surface area contributed by atoms with Crippen LogP contribution in [0.5, 0.6) is 92.0 Å². The van der Waals surface area contributed by atoms with Crippen molar-refractivity contribution in [3.63, 3.8) is 0 Å². The molecule has 32 N–H and O–H groups in total. The Kier molecular flexibility index (Phi) is 29.6. The number of hydrogen-bond acceptors (Lipinski definition) is 32. The SMILES string of the molecule is CC(c1ccc(B(O)O)cc1)c1cc(C(c2ccc(B(O)O)cc2)c2cc(C(c3ccc(B(O)O)cc3)c3cc(C(c4ccc(B(O)O)cc4)c4ccc(O)cc4O)c(O)cc3O)c(O)cc2O)c(O)cc1O.OB(O)c1ccc(C2c3cc(c(O)cc3O)C(c3ccc(B(O)O)cc3)c3cc(c(O)cc3O)C(c3ccc(B(O)O)cc3)c3cc(c(O)cc3O)C(c3ccc(B(O)O)cc3)c3cc2c(O)cc3O)cc1. The van der Waals surface area contributed by atoms with Gasteiger partial charge in [-0.25, -0.2) is 0 Å². The van der Waals surface area contributed by atoms with E-state index < -0.39 is 179 Å². The summed E-state index contributed by atoms with van der Waals surface area (Å²) in [5.41, 5.74) is 4.74. The highest BCUT2D eigenvalue weighted by molar-refractivity contribution is 6.61. The van der Waals surface area contributed by atoms with Crippen molar-refractivity contribution in [2.75, 3.05) is 0 Å². The van der Waals surface area contributed by atoms with Crippen LogP contribution in [0.3, 0.4) is 0 Å². The van der Waals surface area contributed by atoms with Crippen LogP contribution in [0.4, 0.5) is 0 Å². The van der Waals surface area contributed by atoms with Gasteiger partial charge in [0, 0.05) is 179 Å². The standard InChI is InChI=1S/C53H48B4O16.C52H44B4O16/c1-27(28-2-10-32(11-3-28)54(66)67)38-21-39(46(61)24-45(38)60)52(30-6-14-34(15-7-30)56(70)71)42-23-43(50(65)26-49(42)64)53(31-8-16-35(17-9-31)57(72)73)41-22-40(47(62)25-48(41)63)51(37-19-18-36(58)20-44(37)59)29-4-12-33(13-5-29)55(68)69;57-41-21-43(59)35-17-33(41)49(25-1-9-29(10-2-25)53(65)66)34-18-36(44(60)22-42(34)58)51(27-5-13-31(14-6-27)55(69)70)38-20-40(48(64)24-46(38)62)52(28-7-15-32(16-8-28)56(71)72)39-19-37(45(61)23-47(39)63)50(35)26-3-11-30(12-4-26)54(67)68/h2-27,51-53,58-73H,1H3;1-24,49-52,57-72H. The lowest BCUT2D eigenvalue weighted by atomic mass is 9.73. The average molecular weight is 1950 g/mol. The van der Waals surface area contributed by atoms with E-state index in [1.54, 1.807) is 19.1 Å². The molecule has 32 nitrogen and oxygen atoms in total. The lowest BCUT2D eigenvalue weighted by Gasteiger charge is -2.30. The van der Waals surface area contributed by atoms with Crippen LogP contribution in [0, 0.1) is 0 Å². The Morgan fingerprint density at radius 2 is 0.324 bits per heavy atom. The predicted octanol–water partition coefficient (Wildman–Crippen LogP) is 2.83. The van der Waals surface area contributed by atoms with E-state index in [1.165, 1.54) is 237 Å². The van der Waals surface area contributed by atoms with Crippen LogP contribution in [-0.2, 0) is 0 Å². The molecule has 0 spiro atoms. The molecule has 8 bridgehead atoms. The molecule has 0 heterocycles. The minimum absolute atomic E-state index is 0.00720. The number of rotatable bonds is 23. The van der Waals surface area contributed by atoms with Crippen LogP contribution in [0.1, 0.15) is 182 Å². The molecule has 17 rings (SSSR count). The van der Waals surface area contributed by atoms with Crippen LogP contribution in [-0.4, -0.2) is 219 Å². The minimum Gasteiger partial charge on any atom is -0.508 e. The highest BCUT2D eigenvalue weighted by Crippen LogP contribution is 2.57. The van der Waals surface area contributed by atoms with Crippen LogP contribution >= 0.6 is 0 Å². The number of fused-ring (bicyclic) bond motifs is 8. The van der Waals surface area contributed by atoms with E-state index in [2.05, 4.69) is 0 Å². The van der Waals surface area contributed by atoms with Crippen LogP contribution in [0.25, 0.3) is 0 Å². The fourth-order valence-corrected chi connectivity index (χ4v) is 19.3. The van der Waals surface area contributed by atoms with Crippen molar-refractivity contribution in [3.8, 4) is 92.0 Å². The van der Waals surface area contributed by atoms with Gasteiger partial charge in [-0.2, -0.15) is 0 Å². The largest absolute Gasteiger partial charge is 0.508 e. The van der Waals surface area contributed by atoms with Crippen molar-refractivity contribution < 1.29 is 162 Å². The molecular formula is C105H92B8O32. The maximum Gasteiger partial charge on any atom is 0.488 e. The Hall–Kier alpha value is -15.8. The van der Waals surface area contributed by atoms with E-state index in [9.17, 15) is 162 Å². The van der Waals surface area contributed by atoms with Gasteiger partial charge in [0.25, 0.3) is 0 Å². The molecule has 16 aromatic carbocycles. The molecule has 0 radical (unpaired) electrons. The molecule has 0 aliphatic heterocycles. The van der Waals surface area contributed by atoms with Crippen molar-refractivity contribution >= 4 is 101 Å². The Labute approximate surface area is 829 Å². The van der Waals surface area contributed by atoms with Gasteiger partial charge in [-0.1, -0.05) is 207 Å². The molecule has 0 saturated carbocycles. The highest BCUT2D eigenvalue weighted by Gasteiger charge is 2.40. The lowest BCUT2D eigenvalue weighted by Crippen LogP contribution is -2.29. The summed E-state index contributed by atoms with van der Waals surface area (Å²) in [5, 5.41) is 348. The van der Waals surface area contributed by atoms with Crippen LogP contribution in [0.15, 0.2) is 297 Å². The van der Waals surface area contributed by atoms with Crippen LogP contribution < -0.4 is 43.7 Å². The zero-order valence-electron chi connectivity index (χ0n) is 76.3. The molecule has 1 aliphatic carbocycles. The Morgan fingerprint density at radius 3 is 0.524 bits per heavy atom. The summed E-state index contributed by atoms with van der Waals surface area (Å²) in [6, 6.07) is 68.4. The molecule has 145 heavy (non-hydrogen) atoms. The smallest absolute Gasteiger partial charge is 0.488 e. The van der Waals surface area contributed by atoms with Gasteiger partial charge in [0.05, 0.1) is 0 Å². The molecular weight excluding hydrogens is 1860 g/mol. The second-order valence-corrected chi connectivity index (χ2v) is 35.6. The molecule has 1 aliphatic rings. The van der Waals surface area contributed by atoms with Gasteiger partial charge in [0.1, 0.15) is 92.0 Å². The van der Waals surface area contributed by atoms with E-state index in [-0.39, 0.29) is 139 Å². The zero-order valence-corrected chi connectivity index (χ0v) is 76.3. The lowest BCUT2D eigenvalue weighted by molar-refractivity contribution is 0.424. The third-order valence-electron chi connectivity index (χ3n) is 26.8. The van der Waals surface area contributed by atoms with Gasteiger partial charge < -0.3 is 162 Å². The molecule has 0 fully saturated rings. The fourth-order valence-electron chi connectivity index (χ4n) is 19.3. The van der Waals surface area contributed by atoms with Gasteiger partial charge in [-0.05, 0) is 137 Å². The molecule has 16 aromatic rings. The van der Waals surface area contributed by atoms with E-state index in [1.807, 2.05) is 0 Å². The minimum atomic E-state index is -1.88. The number of benzene rings is 16. The van der Waals surface area contributed by atoms with Gasteiger partial charge in [-0.3, -0.25) is 0 Å². The highest BCUT2D eigenvalue weighted by atomic mass is 16.4. The van der Waals surface area contributed by atoms with Crippen molar-refractivity contribution in [2.45, 2.75) is 54.3 Å². The quantitative estimate of drug-likeness (QED) is 0.0323. The molecule has 0 saturated heterocycles. The summed E-state index contributed by atoms with van der Waals surface area (Å²) >= 11 is 0. The fraction of sp³-hybridized carbons (Fsp3) is 0.0857. The summed E-state index contributed by atoms with van der Waals surface area (Å²) in [4.78, 5) is 0. The first-order valence-corrected chi connectivity index (χ1v) is 45.1. The molecule has 728 valence electrons. The summed E-state index contributed by atoms with van der Waals surface area (Å²) in [7, 11) is -14.8.